The lowest BCUT2D eigenvalue weighted by Crippen LogP contribution is -2.45. The molecule has 7 heteroatoms. The van der Waals surface area contributed by atoms with Crippen LogP contribution in [0.15, 0.2) is 48.5 Å². The molecule has 0 bridgehead atoms. The number of hydrogen-bond donors (Lipinski definition) is 1. The van der Waals surface area contributed by atoms with E-state index in [1.807, 2.05) is 36.4 Å². The summed E-state index contributed by atoms with van der Waals surface area (Å²) in [5.41, 5.74) is 2.36. The summed E-state index contributed by atoms with van der Waals surface area (Å²) >= 11 is 0. The standard InChI is InChI=1S/C28H32N2O5/c1-17-8-7-11-22(18(17)2)30-27(31)16-35-28(32)21-15-24(29-23-10-6-5-9-20(21)23)19-12-13-25(33-3)26(14-19)34-4/h5-6,9-10,12-15,17-18,22H,7-8,11,16H2,1-4H3,(H,30,31)/t17-,18-,22-/m0/s1. The number of carbonyl (C=O) groups excluding carboxylic acids is 2. The maximum absolute atomic E-state index is 13.1. The molecule has 184 valence electrons. The molecule has 35 heavy (non-hydrogen) atoms. The van der Waals surface area contributed by atoms with Gasteiger partial charge < -0.3 is 19.5 Å². The SMILES string of the molecule is COc1ccc(-c2cc(C(=O)OCC(=O)N[C@H]3CCC[C@H](C)[C@@H]3C)c3ccccc3n2)cc1OC. The zero-order valence-electron chi connectivity index (χ0n) is 20.7. The molecule has 0 aliphatic heterocycles. The van der Waals surface area contributed by atoms with Gasteiger partial charge in [-0.15, -0.1) is 0 Å². The monoisotopic (exact) mass is 476 g/mol. The first-order valence-electron chi connectivity index (χ1n) is 12.0. The van der Waals surface area contributed by atoms with Crippen molar-refractivity contribution in [1.82, 2.24) is 10.3 Å². The molecule has 3 aromatic rings. The lowest BCUT2D eigenvalue weighted by molar-refractivity contribution is -0.125. The van der Waals surface area contributed by atoms with Gasteiger partial charge in [0.2, 0.25) is 0 Å². The topological polar surface area (TPSA) is 86.8 Å². The summed E-state index contributed by atoms with van der Waals surface area (Å²) in [4.78, 5) is 30.4. The van der Waals surface area contributed by atoms with Crippen molar-refractivity contribution in [3.8, 4) is 22.8 Å². The third kappa shape index (κ3) is 5.39. The number of pyridine rings is 1. The molecule has 4 rings (SSSR count). The predicted molar refractivity (Wildman–Crippen MR) is 135 cm³/mol. The summed E-state index contributed by atoms with van der Waals surface area (Å²) in [7, 11) is 3.14. The normalized spacial score (nSPS) is 19.7. The van der Waals surface area contributed by atoms with Crippen molar-refractivity contribution >= 4 is 22.8 Å². The van der Waals surface area contributed by atoms with Crippen LogP contribution in [0.3, 0.4) is 0 Å². The molecular weight excluding hydrogens is 444 g/mol. The highest BCUT2D eigenvalue weighted by Crippen LogP contribution is 2.33. The molecule has 0 radical (unpaired) electrons. The first kappa shape index (κ1) is 24.5. The molecule has 0 saturated heterocycles. The Bertz CT molecular complexity index is 1230. The number of ether oxygens (including phenoxy) is 3. The van der Waals surface area contributed by atoms with Gasteiger partial charge in [-0.2, -0.15) is 0 Å². The van der Waals surface area contributed by atoms with E-state index in [9.17, 15) is 9.59 Å². The second kappa shape index (κ2) is 10.8. The van der Waals surface area contributed by atoms with Gasteiger partial charge in [0.25, 0.3) is 5.91 Å². The third-order valence-electron chi connectivity index (χ3n) is 7.00. The van der Waals surface area contributed by atoms with E-state index in [0.717, 1.165) is 18.4 Å². The fraction of sp³-hybridized carbons (Fsp3) is 0.393. The van der Waals surface area contributed by atoms with Crippen LogP contribution in [0.4, 0.5) is 0 Å². The number of nitrogens with zero attached hydrogens (tertiary/aromatic N) is 1. The highest BCUT2D eigenvalue weighted by atomic mass is 16.5. The van der Waals surface area contributed by atoms with E-state index in [2.05, 4.69) is 19.2 Å². The number of amides is 1. The average Bonchev–Trinajstić information content (AvgIpc) is 2.88. The molecule has 1 fully saturated rings. The largest absolute Gasteiger partial charge is 0.493 e. The molecule has 1 saturated carbocycles. The number of methoxy groups -OCH3 is 2. The number of hydrogen-bond acceptors (Lipinski definition) is 6. The average molecular weight is 477 g/mol. The Balaban J connectivity index is 1.55. The van der Waals surface area contributed by atoms with Gasteiger partial charge in [0, 0.05) is 17.0 Å². The Morgan fingerprint density at radius 1 is 1.00 bits per heavy atom. The molecule has 1 amide bonds. The zero-order chi connectivity index (χ0) is 24.9. The Labute approximate surface area is 205 Å². The highest BCUT2D eigenvalue weighted by molar-refractivity contribution is 6.05. The Morgan fingerprint density at radius 3 is 2.54 bits per heavy atom. The van der Waals surface area contributed by atoms with E-state index in [-0.39, 0.29) is 18.6 Å². The molecule has 1 heterocycles. The zero-order valence-corrected chi connectivity index (χ0v) is 20.7. The minimum atomic E-state index is -0.564. The highest BCUT2D eigenvalue weighted by Gasteiger charge is 2.28. The fourth-order valence-corrected chi connectivity index (χ4v) is 4.73. The van der Waals surface area contributed by atoms with E-state index >= 15 is 0 Å². The molecular formula is C28H32N2O5. The number of esters is 1. The minimum Gasteiger partial charge on any atom is -0.493 e. The van der Waals surface area contributed by atoms with Crippen LogP contribution in [0.5, 0.6) is 11.5 Å². The van der Waals surface area contributed by atoms with E-state index in [1.54, 1.807) is 26.4 Å². The van der Waals surface area contributed by atoms with Crippen LogP contribution >= 0.6 is 0 Å². The van der Waals surface area contributed by atoms with Crippen molar-refractivity contribution in [3.63, 3.8) is 0 Å². The smallest absolute Gasteiger partial charge is 0.339 e. The summed E-state index contributed by atoms with van der Waals surface area (Å²) in [6.07, 6.45) is 3.23. The fourth-order valence-electron chi connectivity index (χ4n) is 4.73. The van der Waals surface area contributed by atoms with E-state index in [0.29, 0.717) is 45.5 Å². The second-order valence-electron chi connectivity index (χ2n) is 9.16. The Morgan fingerprint density at radius 2 is 1.77 bits per heavy atom. The summed E-state index contributed by atoms with van der Waals surface area (Å²) in [6.45, 7) is 4.06. The van der Waals surface area contributed by atoms with Gasteiger partial charge in [0.15, 0.2) is 18.1 Å². The summed E-state index contributed by atoms with van der Waals surface area (Å²) in [5, 5.41) is 3.71. The summed E-state index contributed by atoms with van der Waals surface area (Å²) in [6, 6.07) is 14.6. The maximum Gasteiger partial charge on any atom is 0.339 e. The molecule has 1 N–H and O–H groups in total. The van der Waals surface area contributed by atoms with Gasteiger partial charge in [-0.3, -0.25) is 4.79 Å². The van der Waals surface area contributed by atoms with Gasteiger partial charge in [-0.05, 0) is 48.6 Å². The number of rotatable bonds is 7. The van der Waals surface area contributed by atoms with Crippen LogP contribution in [-0.4, -0.2) is 43.7 Å². The van der Waals surface area contributed by atoms with Crippen LogP contribution in [-0.2, 0) is 9.53 Å². The van der Waals surface area contributed by atoms with E-state index < -0.39 is 5.97 Å². The van der Waals surface area contributed by atoms with Gasteiger partial charge in [0.1, 0.15) is 0 Å². The van der Waals surface area contributed by atoms with Crippen molar-refractivity contribution in [1.29, 1.82) is 0 Å². The van der Waals surface area contributed by atoms with Crippen LogP contribution in [0.1, 0.15) is 43.5 Å². The van der Waals surface area contributed by atoms with E-state index in [1.165, 1.54) is 6.42 Å². The number of benzene rings is 2. The van der Waals surface area contributed by atoms with Crippen molar-refractivity contribution in [2.45, 2.75) is 39.2 Å². The lowest BCUT2D eigenvalue weighted by atomic mass is 9.78. The third-order valence-corrected chi connectivity index (χ3v) is 7.00. The van der Waals surface area contributed by atoms with Gasteiger partial charge in [-0.25, -0.2) is 9.78 Å². The van der Waals surface area contributed by atoms with Crippen molar-refractivity contribution in [3.05, 3.63) is 54.1 Å². The van der Waals surface area contributed by atoms with Gasteiger partial charge in [-0.1, -0.05) is 44.9 Å². The van der Waals surface area contributed by atoms with Crippen molar-refractivity contribution in [2.24, 2.45) is 11.8 Å². The molecule has 1 aliphatic rings. The van der Waals surface area contributed by atoms with Crippen LogP contribution in [0.25, 0.3) is 22.2 Å². The van der Waals surface area contributed by atoms with Gasteiger partial charge >= 0.3 is 5.97 Å². The number of carbonyl (C=O) groups is 2. The molecule has 0 spiro atoms. The minimum absolute atomic E-state index is 0.114. The van der Waals surface area contributed by atoms with Gasteiger partial charge in [0.05, 0.1) is 31.0 Å². The molecule has 0 unspecified atom stereocenters. The van der Waals surface area contributed by atoms with Crippen molar-refractivity contribution < 1.29 is 23.8 Å². The van der Waals surface area contributed by atoms with Crippen LogP contribution in [0.2, 0.25) is 0 Å². The molecule has 1 aliphatic carbocycles. The molecule has 7 nitrogen and oxygen atoms in total. The molecule has 2 aromatic carbocycles. The summed E-state index contributed by atoms with van der Waals surface area (Å²) < 4.78 is 16.2. The Kier molecular flexibility index (Phi) is 7.54. The number of nitrogens with one attached hydrogen (secondary N) is 1. The predicted octanol–water partition coefficient (Wildman–Crippen LogP) is 5.02. The van der Waals surface area contributed by atoms with Crippen LogP contribution in [0, 0.1) is 11.8 Å². The van der Waals surface area contributed by atoms with Crippen molar-refractivity contribution in [2.75, 3.05) is 20.8 Å². The number of fused-ring (bicyclic) bond motifs is 1. The Hall–Kier alpha value is -3.61. The lowest BCUT2D eigenvalue weighted by Gasteiger charge is -2.34. The first-order valence-corrected chi connectivity index (χ1v) is 12.0. The maximum atomic E-state index is 13.1. The molecule has 1 aromatic heterocycles. The molecule has 3 atom stereocenters. The van der Waals surface area contributed by atoms with Crippen LogP contribution < -0.4 is 14.8 Å². The first-order chi connectivity index (χ1) is 16.9. The second-order valence-corrected chi connectivity index (χ2v) is 9.16. The quantitative estimate of drug-likeness (QED) is 0.482. The number of para-hydroxylation sites is 1. The number of aromatic nitrogens is 1. The summed E-state index contributed by atoms with van der Waals surface area (Å²) in [5.74, 6) is 1.29. The van der Waals surface area contributed by atoms with E-state index in [4.69, 9.17) is 19.2 Å².